The van der Waals surface area contributed by atoms with E-state index in [4.69, 9.17) is 10.4 Å². The van der Waals surface area contributed by atoms with Gasteiger partial charge in [0.05, 0.1) is 22.2 Å². The number of nitrogens with zero attached hydrogens (tertiary/aromatic N) is 3. The Hall–Kier alpha value is -3.21. The third-order valence-corrected chi connectivity index (χ3v) is 8.10. The summed E-state index contributed by atoms with van der Waals surface area (Å²) in [5.74, 6) is 1.55. The first kappa shape index (κ1) is 21.6. The third-order valence-electron chi connectivity index (χ3n) is 6.93. The normalized spacial score (nSPS) is 20.1. The van der Waals surface area contributed by atoms with E-state index in [0.717, 1.165) is 76.1 Å². The van der Waals surface area contributed by atoms with E-state index in [-0.39, 0.29) is 0 Å². The molecule has 0 spiro atoms. The number of fused-ring (bicyclic) bond motifs is 1. The van der Waals surface area contributed by atoms with Gasteiger partial charge in [0.1, 0.15) is 0 Å². The molecule has 2 aliphatic heterocycles. The van der Waals surface area contributed by atoms with Crippen molar-refractivity contribution >= 4 is 28.4 Å². The summed E-state index contributed by atoms with van der Waals surface area (Å²) >= 11 is 1.73. The van der Waals surface area contributed by atoms with Crippen molar-refractivity contribution in [1.29, 1.82) is 10.7 Å². The Labute approximate surface area is 198 Å². The zero-order valence-electron chi connectivity index (χ0n) is 18.8. The number of hydrogen-bond donors (Lipinski definition) is 3. The highest BCUT2D eigenvalue weighted by atomic mass is 32.1. The summed E-state index contributed by atoms with van der Waals surface area (Å²) in [6.07, 6.45) is 3.79. The van der Waals surface area contributed by atoms with Crippen LogP contribution in [0.15, 0.2) is 42.5 Å². The van der Waals surface area contributed by atoms with Gasteiger partial charge in [0.25, 0.3) is 0 Å². The van der Waals surface area contributed by atoms with Gasteiger partial charge in [0.15, 0.2) is 5.13 Å². The maximum Gasteiger partial charge on any atom is 0.186 e. The summed E-state index contributed by atoms with van der Waals surface area (Å²) in [6, 6.07) is 16.1. The second kappa shape index (κ2) is 9.34. The highest BCUT2D eigenvalue weighted by Gasteiger charge is 2.31. The third kappa shape index (κ3) is 4.24. The molecule has 33 heavy (non-hydrogen) atoms. The van der Waals surface area contributed by atoms with Crippen molar-refractivity contribution in [2.45, 2.75) is 12.8 Å². The van der Waals surface area contributed by atoms with E-state index in [1.54, 1.807) is 11.3 Å². The molecular formula is C26H28N6S. The van der Waals surface area contributed by atoms with Crippen LogP contribution in [0, 0.1) is 28.6 Å². The average molecular weight is 457 g/mol. The molecule has 2 saturated heterocycles. The predicted molar refractivity (Wildman–Crippen MR) is 136 cm³/mol. The number of hydrogen-bond acceptors (Lipinski definition) is 7. The number of nitrogens with one attached hydrogen (secondary N) is 3. The molecule has 0 amide bonds. The first-order chi connectivity index (χ1) is 16.2. The zero-order valence-corrected chi connectivity index (χ0v) is 19.6. The molecule has 5 rings (SSSR count). The van der Waals surface area contributed by atoms with Crippen LogP contribution in [0.2, 0.25) is 0 Å². The summed E-state index contributed by atoms with van der Waals surface area (Å²) in [4.78, 5) is 8.70. The van der Waals surface area contributed by atoms with Crippen molar-refractivity contribution in [2.24, 2.45) is 11.8 Å². The van der Waals surface area contributed by atoms with E-state index in [2.05, 4.69) is 33.7 Å². The largest absolute Gasteiger partial charge is 0.388 e. The van der Waals surface area contributed by atoms with Crippen molar-refractivity contribution in [3.05, 3.63) is 53.6 Å². The highest BCUT2D eigenvalue weighted by Crippen LogP contribution is 2.42. The van der Waals surface area contributed by atoms with E-state index in [1.165, 1.54) is 19.1 Å². The van der Waals surface area contributed by atoms with Crippen LogP contribution >= 0.6 is 11.3 Å². The van der Waals surface area contributed by atoms with Gasteiger partial charge in [-0.3, -0.25) is 0 Å². The highest BCUT2D eigenvalue weighted by molar-refractivity contribution is 7.19. The number of benzene rings is 2. The van der Waals surface area contributed by atoms with Crippen LogP contribution in [0.5, 0.6) is 0 Å². The molecule has 2 aromatic carbocycles. The molecule has 2 atom stereocenters. The summed E-state index contributed by atoms with van der Waals surface area (Å²) in [5, 5.41) is 24.8. The number of nitriles is 1. The minimum atomic E-state index is 0.646. The number of aromatic nitrogens is 1. The van der Waals surface area contributed by atoms with Gasteiger partial charge in [-0.2, -0.15) is 5.26 Å². The molecule has 6 nitrogen and oxygen atoms in total. The molecule has 3 heterocycles. The Morgan fingerprint density at radius 1 is 1.12 bits per heavy atom. The standard InChI is InChI=1S/C26H28N6S/c1-29-23-7-6-19(12-22(23)14-28)25-24(18-4-2-17(13-27)3-5-18)31-26(33-25)32-10-8-20-15-30-16-21(20)9-11-32/h2-7,12,14,20-21,28-30H,8-11,15-16H2,1H3. The fourth-order valence-electron chi connectivity index (χ4n) is 5.00. The Bertz CT molecular complexity index is 1180. The molecule has 3 aromatic rings. The maximum absolute atomic E-state index is 9.21. The second-order valence-electron chi connectivity index (χ2n) is 8.80. The van der Waals surface area contributed by atoms with Crippen molar-refractivity contribution < 1.29 is 0 Å². The van der Waals surface area contributed by atoms with E-state index < -0.39 is 0 Å². The summed E-state index contributed by atoms with van der Waals surface area (Å²) in [7, 11) is 1.87. The van der Waals surface area contributed by atoms with E-state index in [1.807, 2.05) is 37.4 Å². The molecule has 7 heteroatoms. The van der Waals surface area contributed by atoms with Crippen LogP contribution in [0.3, 0.4) is 0 Å². The Morgan fingerprint density at radius 3 is 2.45 bits per heavy atom. The fourth-order valence-corrected chi connectivity index (χ4v) is 6.13. The van der Waals surface area contributed by atoms with E-state index >= 15 is 0 Å². The Kier molecular flexibility index (Phi) is 6.12. The van der Waals surface area contributed by atoms with Gasteiger partial charge in [0.2, 0.25) is 0 Å². The van der Waals surface area contributed by atoms with Crippen LogP contribution in [-0.4, -0.2) is 44.4 Å². The maximum atomic E-state index is 9.21. The van der Waals surface area contributed by atoms with E-state index in [9.17, 15) is 5.26 Å². The molecule has 1 aromatic heterocycles. The number of thiazole rings is 1. The minimum Gasteiger partial charge on any atom is -0.388 e. The van der Waals surface area contributed by atoms with Crippen LogP contribution in [0.4, 0.5) is 10.8 Å². The monoisotopic (exact) mass is 456 g/mol. The Morgan fingerprint density at radius 2 is 1.82 bits per heavy atom. The predicted octanol–water partition coefficient (Wildman–Crippen LogP) is 4.82. The Balaban J connectivity index is 1.55. The van der Waals surface area contributed by atoms with Crippen molar-refractivity contribution in [1.82, 2.24) is 10.3 Å². The van der Waals surface area contributed by atoms with Crippen molar-refractivity contribution in [3.63, 3.8) is 0 Å². The number of rotatable bonds is 5. The smallest absolute Gasteiger partial charge is 0.186 e. The first-order valence-corrected chi connectivity index (χ1v) is 12.3. The number of anilines is 2. The lowest BCUT2D eigenvalue weighted by Gasteiger charge is -2.19. The molecule has 2 unspecified atom stereocenters. The average Bonchev–Trinajstić information content (AvgIpc) is 3.46. The molecule has 0 saturated carbocycles. The lowest BCUT2D eigenvalue weighted by atomic mass is 9.92. The SMILES string of the molecule is CNc1ccc(-c2sc(N3CCC4CNCC4CC3)nc2-c2ccc(C#N)cc2)cc1C=N. The van der Waals surface area contributed by atoms with Crippen molar-refractivity contribution in [2.75, 3.05) is 43.4 Å². The lowest BCUT2D eigenvalue weighted by Crippen LogP contribution is -2.25. The van der Waals surface area contributed by atoms with Gasteiger partial charge in [-0.05, 0) is 67.6 Å². The molecule has 168 valence electrons. The zero-order chi connectivity index (χ0) is 22.8. The van der Waals surface area contributed by atoms with Gasteiger partial charge in [-0.15, -0.1) is 0 Å². The van der Waals surface area contributed by atoms with Gasteiger partial charge in [0, 0.05) is 43.2 Å². The topological polar surface area (TPSA) is 87.8 Å². The minimum absolute atomic E-state index is 0.646. The van der Waals surface area contributed by atoms with Gasteiger partial charge in [-0.25, -0.2) is 4.98 Å². The molecular weight excluding hydrogens is 428 g/mol. The van der Waals surface area contributed by atoms with Gasteiger partial charge in [-0.1, -0.05) is 29.5 Å². The summed E-state index contributed by atoms with van der Waals surface area (Å²) in [5.41, 5.74) is 5.45. The van der Waals surface area contributed by atoms with Crippen LogP contribution < -0.4 is 15.5 Å². The first-order valence-electron chi connectivity index (χ1n) is 11.5. The fraction of sp³-hybridized carbons (Fsp3) is 0.346. The van der Waals surface area contributed by atoms with E-state index in [0.29, 0.717) is 5.56 Å². The molecule has 3 N–H and O–H groups in total. The molecule has 2 aliphatic rings. The summed E-state index contributed by atoms with van der Waals surface area (Å²) in [6.45, 7) is 4.35. The van der Waals surface area contributed by atoms with Crippen LogP contribution in [0.25, 0.3) is 21.7 Å². The van der Waals surface area contributed by atoms with Gasteiger partial charge >= 0.3 is 0 Å². The molecule has 0 aliphatic carbocycles. The summed E-state index contributed by atoms with van der Waals surface area (Å²) < 4.78 is 0. The van der Waals surface area contributed by atoms with Gasteiger partial charge < -0.3 is 20.9 Å². The van der Waals surface area contributed by atoms with Crippen LogP contribution in [-0.2, 0) is 0 Å². The van der Waals surface area contributed by atoms with Crippen LogP contribution in [0.1, 0.15) is 24.0 Å². The second-order valence-corrected chi connectivity index (χ2v) is 9.78. The quantitative estimate of drug-likeness (QED) is 0.479. The van der Waals surface area contributed by atoms with Crippen molar-refractivity contribution in [3.8, 4) is 27.8 Å². The molecule has 2 fully saturated rings. The molecule has 0 bridgehead atoms. The lowest BCUT2D eigenvalue weighted by molar-refractivity contribution is 0.409. The molecule has 0 radical (unpaired) electrons.